The van der Waals surface area contributed by atoms with Gasteiger partial charge in [-0.25, -0.2) is 0 Å². The molecule has 1 aromatic carbocycles. The van der Waals surface area contributed by atoms with Crippen molar-refractivity contribution in [3.8, 4) is 0 Å². The van der Waals surface area contributed by atoms with Gasteiger partial charge in [0.05, 0.1) is 6.21 Å². The Hall–Kier alpha value is -1.16. The standard InChI is InChI=1S/C10H12N6O.2BrH.2ClH/c11-9(12)16(10(13)14)15-5-7-2-1-3-8(4-7)6-17;;;;/h1-6H,(H3,11,12)(H3,13,14);4*1H. The van der Waals surface area contributed by atoms with Crippen molar-refractivity contribution in [2.45, 2.75) is 0 Å². The highest BCUT2D eigenvalue weighted by Gasteiger charge is 2.06. The molecule has 7 nitrogen and oxygen atoms in total. The third kappa shape index (κ3) is 9.40. The molecule has 1 rings (SSSR count). The van der Waals surface area contributed by atoms with Gasteiger partial charge in [-0.1, -0.05) is 18.2 Å². The van der Waals surface area contributed by atoms with Crippen molar-refractivity contribution in [2.75, 3.05) is 0 Å². The SMILES string of the molecule is Br.Br.Cl.Cl.N=C(N)N(N=Cc1cccc(C=O)c1)C(=N)N. The predicted molar refractivity (Wildman–Crippen MR) is 100 cm³/mol. The van der Waals surface area contributed by atoms with E-state index in [-0.39, 0.29) is 58.8 Å². The lowest BCUT2D eigenvalue weighted by atomic mass is 10.1. The Kier molecular flexibility index (Phi) is 18.5. The number of carbonyl (C=O) groups is 1. The number of halogens is 4. The molecule has 0 amide bonds. The first-order valence-electron chi connectivity index (χ1n) is 4.62. The molecule has 120 valence electrons. The number of hydrazone groups is 1. The number of nitrogens with two attached hydrogens (primary N) is 2. The normalized spacial score (nSPS) is 8.19. The lowest BCUT2D eigenvalue weighted by Crippen LogP contribution is -2.41. The molecule has 0 radical (unpaired) electrons. The van der Waals surface area contributed by atoms with Crippen LogP contribution in [0.15, 0.2) is 29.4 Å². The highest BCUT2D eigenvalue weighted by atomic mass is 79.9. The number of rotatable bonds is 3. The second-order valence-corrected chi connectivity index (χ2v) is 3.11. The zero-order chi connectivity index (χ0) is 12.8. The fourth-order valence-electron chi connectivity index (χ4n) is 1.09. The summed E-state index contributed by atoms with van der Waals surface area (Å²) >= 11 is 0. The zero-order valence-corrected chi connectivity index (χ0v) is 15.6. The summed E-state index contributed by atoms with van der Waals surface area (Å²) in [6.45, 7) is 0. The molecule has 0 aliphatic carbocycles. The van der Waals surface area contributed by atoms with Crippen LogP contribution in [-0.4, -0.2) is 29.4 Å². The van der Waals surface area contributed by atoms with E-state index in [1.54, 1.807) is 24.3 Å². The highest BCUT2D eigenvalue weighted by Crippen LogP contribution is 2.01. The molecular weight excluding hydrogens is 451 g/mol. The van der Waals surface area contributed by atoms with Crippen molar-refractivity contribution in [3.05, 3.63) is 35.4 Å². The van der Waals surface area contributed by atoms with Crippen LogP contribution in [0, 0.1) is 10.8 Å². The van der Waals surface area contributed by atoms with E-state index < -0.39 is 11.9 Å². The summed E-state index contributed by atoms with van der Waals surface area (Å²) in [5.74, 6) is -0.916. The summed E-state index contributed by atoms with van der Waals surface area (Å²) in [4.78, 5) is 10.6. The van der Waals surface area contributed by atoms with Gasteiger partial charge in [0.2, 0.25) is 11.9 Å². The Morgan fingerprint density at radius 1 is 1.10 bits per heavy atom. The van der Waals surface area contributed by atoms with Gasteiger partial charge in [0, 0.05) is 5.56 Å². The van der Waals surface area contributed by atoms with Crippen LogP contribution in [0.3, 0.4) is 0 Å². The first-order valence-corrected chi connectivity index (χ1v) is 4.62. The lowest BCUT2D eigenvalue weighted by Gasteiger charge is -2.12. The number of hydrogen-bond donors (Lipinski definition) is 4. The largest absolute Gasteiger partial charge is 0.368 e. The van der Waals surface area contributed by atoms with Crippen LogP contribution in [-0.2, 0) is 0 Å². The minimum Gasteiger partial charge on any atom is -0.368 e. The van der Waals surface area contributed by atoms with E-state index in [4.69, 9.17) is 22.3 Å². The van der Waals surface area contributed by atoms with E-state index in [1.165, 1.54) is 6.21 Å². The van der Waals surface area contributed by atoms with Crippen molar-refractivity contribution in [3.63, 3.8) is 0 Å². The van der Waals surface area contributed by atoms with Crippen molar-refractivity contribution in [1.82, 2.24) is 5.01 Å². The Bertz CT molecular complexity index is 486. The molecule has 6 N–H and O–H groups in total. The van der Waals surface area contributed by atoms with E-state index in [1.807, 2.05) is 0 Å². The van der Waals surface area contributed by atoms with E-state index in [0.29, 0.717) is 17.4 Å². The molecule has 0 aromatic heterocycles. The van der Waals surface area contributed by atoms with Crippen LogP contribution in [0.2, 0.25) is 0 Å². The minimum atomic E-state index is -0.458. The monoisotopic (exact) mass is 464 g/mol. The highest BCUT2D eigenvalue weighted by molar-refractivity contribution is 8.93. The number of guanidine groups is 2. The average Bonchev–Trinajstić information content (AvgIpc) is 2.28. The Balaban J connectivity index is -0.000000361. The van der Waals surface area contributed by atoms with Gasteiger partial charge in [0.15, 0.2) is 0 Å². The molecule has 0 unspecified atom stereocenters. The fraction of sp³-hybridized carbons (Fsp3) is 0. The van der Waals surface area contributed by atoms with E-state index >= 15 is 0 Å². The molecule has 0 bridgehead atoms. The minimum absolute atomic E-state index is 0. The molecule has 0 heterocycles. The Morgan fingerprint density at radius 3 is 2.00 bits per heavy atom. The number of carbonyl (C=O) groups excluding carboxylic acids is 1. The fourth-order valence-corrected chi connectivity index (χ4v) is 1.09. The topological polar surface area (TPSA) is 132 Å². The van der Waals surface area contributed by atoms with Crippen LogP contribution >= 0.6 is 58.8 Å². The Morgan fingerprint density at radius 2 is 1.57 bits per heavy atom. The van der Waals surface area contributed by atoms with Crippen molar-refractivity contribution in [2.24, 2.45) is 16.6 Å². The van der Waals surface area contributed by atoms with Crippen LogP contribution < -0.4 is 11.5 Å². The number of nitrogens with one attached hydrogen (secondary N) is 2. The second kappa shape index (κ2) is 13.8. The first-order chi connectivity index (χ1) is 8.04. The average molecular weight is 467 g/mol. The third-order valence-electron chi connectivity index (χ3n) is 1.83. The van der Waals surface area contributed by atoms with Gasteiger partial charge in [-0.15, -0.1) is 58.8 Å². The van der Waals surface area contributed by atoms with Gasteiger partial charge < -0.3 is 11.5 Å². The molecule has 0 spiro atoms. The molecule has 0 saturated heterocycles. The molecule has 11 heteroatoms. The van der Waals surface area contributed by atoms with Crippen LogP contribution in [0.5, 0.6) is 0 Å². The quantitative estimate of drug-likeness (QED) is 0.234. The molecule has 0 saturated carbocycles. The van der Waals surface area contributed by atoms with Gasteiger partial charge in [-0.05, 0) is 11.6 Å². The van der Waals surface area contributed by atoms with Gasteiger partial charge in [-0.3, -0.25) is 15.6 Å². The van der Waals surface area contributed by atoms with Crippen molar-refractivity contribution >= 4 is 83.2 Å². The molecule has 0 fully saturated rings. The summed E-state index contributed by atoms with van der Waals surface area (Å²) in [6.07, 6.45) is 2.07. The van der Waals surface area contributed by atoms with Crippen LogP contribution in [0.4, 0.5) is 0 Å². The van der Waals surface area contributed by atoms with Crippen molar-refractivity contribution < 1.29 is 4.79 Å². The Labute approximate surface area is 155 Å². The predicted octanol–water partition coefficient (Wildman–Crippen LogP) is 1.92. The maximum Gasteiger partial charge on any atom is 0.216 e. The van der Waals surface area contributed by atoms with Gasteiger partial charge in [0.25, 0.3) is 0 Å². The van der Waals surface area contributed by atoms with Gasteiger partial charge >= 0.3 is 0 Å². The smallest absolute Gasteiger partial charge is 0.216 e. The molecule has 0 atom stereocenters. The van der Waals surface area contributed by atoms with E-state index in [9.17, 15) is 4.79 Å². The molecule has 0 aliphatic rings. The third-order valence-corrected chi connectivity index (χ3v) is 1.83. The molecule has 21 heavy (non-hydrogen) atoms. The number of benzene rings is 1. The van der Waals surface area contributed by atoms with Crippen LogP contribution in [0.25, 0.3) is 0 Å². The molecule has 1 aromatic rings. The first kappa shape index (κ1) is 28.1. The maximum absolute atomic E-state index is 10.6. The summed E-state index contributed by atoms with van der Waals surface area (Å²) in [6, 6.07) is 6.67. The molecular formula is C10H16Br2Cl2N6O. The van der Waals surface area contributed by atoms with E-state index in [2.05, 4.69) is 5.10 Å². The number of aldehydes is 1. The second-order valence-electron chi connectivity index (χ2n) is 3.11. The number of hydrogen-bond acceptors (Lipinski definition) is 4. The summed E-state index contributed by atoms with van der Waals surface area (Å²) in [5.41, 5.74) is 11.5. The summed E-state index contributed by atoms with van der Waals surface area (Å²) in [5, 5.41) is 18.8. The summed E-state index contributed by atoms with van der Waals surface area (Å²) in [7, 11) is 0. The van der Waals surface area contributed by atoms with E-state index in [0.717, 1.165) is 5.01 Å². The summed E-state index contributed by atoms with van der Waals surface area (Å²) < 4.78 is 0. The maximum atomic E-state index is 10.6. The van der Waals surface area contributed by atoms with Gasteiger partial charge in [-0.2, -0.15) is 10.1 Å². The van der Waals surface area contributed by atoms with Crippen LogP contribution in [0.1, 0.15) is 15.9 Å². The number of nitrogens with zero attached hydrogens (tertiary/aromatic N) is 2. The van der Waals surface area contributed by atoms with Crippen molar-refractivity contribution in [1.29, 1.82) is 10.8 Å². The zero-order valence-electron chi connectivity index (χ0n) is 10.6. The lowest BCUT2D eigenvalue weighted by molar-refractivity contribution is 0.112. The van der Waals surface area contributed by atoms with Gasteiger partial charge in [0.1, 0.15) is 6.29 Å². The molecule has 0 aliphatic heterocycles.